The molecule has 14 heavy (non-hydrogen) atoms. The van der Waals surface area contributed by atoms with E-state index < -0.39 is 0 Å². The molecule has 0 atom stereocenters. The minimum absolute atomic E-state index is 0.818. The summed E-state index contributed by atoms with van der Waals surface area (Å²) in [6, 6.07) is 0. The van der Waals surface area contributed by atoms with E-state index in [-0.39, 0.29) is 0 Å². The Hall–Kier alpha value is 0.300. The van der Waals surface area contributed by atoms with Crippen molar-refractivity contribution in [3.63, 3.8) is 0 Å². The van der Waals surface area contributed by atoms with Crippen molar-refractivity contribution in [1.29, 1.82) is 0 Å². The number of aryl methyl sites for hydroxylation is 1. The van der Waals surface area contributed by atoms with E-state index in [1.807, 2.05) is 13.3 Å². The zero-order valence-corrected chi connectivity index (χ0v) is 12.5. The normalized spacial score (nSPS) is 10.8. The fourth-order valence-electron chi connectivity index (χ4n) is 1.11. The lowest BCUT2D eigenvalue weighted by Crippen LogP contribution is -2.00. The number of hydrogen-bond acceptors (Lipinski definition) is 3. The molecule has 0 aliphatic rings. The number of halogens is 2. The lowest BCUT2D eigenvalue weighted by Gasteiger charge is -2.00. The maximum atomic E-state index is 4.42. The van der Waals surface area contributed by atoms with Gasteiger partial charge >= 0.3 is 0 Å². The number of imidazole rings is 1. The van der Waals surface area contributed by atoms with E-state index in [1.165, 1.54) is 3.70 Å². The molecule has 0 bridgehead atoms. The van der Waals surface area contributed by atoms with Gasteiger partial charge in [0.25, 0.3) is 0 Å². The molecule has 6 heteroatoms. The molecular weight excluding hydrogens is 424 g/mol. The minimum Gasteiger partial charge on any atom is -0.319 e. The van der Waals surface area contributed by atoms with Gasteiger partial charge in [-0.3, -0.25) is 0 Å². The molecule has 2 rings (SSSR count). The molecule has 74 valence electrons. The van der Waals surface area contributed by atoms with Crippen molar-refractivity contribution in [3.8, 4) is 0 Å². The highest BCUT2D eigenvalue weighted by Gasteiger charge is 2.06. The van der Waals surface area contributed by atoms with Gasteiger partial charge in [0.2, 0.25) is 0 Å². The Morgan fingerprint density at radius 3 is 2.79 bits per heavy atom. The number of hydrogen-bond donors (Lipinski definition) is 0. The summed E-state index contributed by atoms with van der Waals surface area (Å²) in [7, 11) is 0. The molecule has 0 amide bonds. The van der Waals surface area contributed by atoms with Gasteiger partial charge in [-0.2, -0.15) is 0 Å². The van der Waals surface area contributed by atoms with Crippen LogP contribution in [0.5, 0.6) is 0 Å². The lowest BCUT2D eigenvalue weighted by atomic mass is 10.5. The zero-order valence-electron chi connectivity index (χ0n) is 7.37. The van der Waals surface area contributed by atoms with Crippen LogP contribution in [0.15, 0.2) is 11.7 Å². The highest BCUT2D eigenvalue weighted by atomic mass is 127. The highest BCUT2D eigenvalue weighted by molar-refractivity contribution is 14.1. The summed E-state index contributed by atoms with van der Waals surface area (Å²) in [6.45, 7) is 2.84. The second kappa shape index (κ2) is 4.44. The van der Waals surface area contributed by atoms with E-state index in [9.17, 15) is 0 Å². The average molecular weight is 431 g/mol. The number of thiazole rings is 1. The van der Waals surface area contributed by atoms with Crippen LogP contribution in [0.3, 0.4) is 0 Å². The fourth-order valence-corrected chi connectivity index (χ4v) is 2.58. The van der Waals surface area contributed by atoms with Gasteiger partial charge in [0, 0.05) is 5.38 Å². The minimum atomic E-state index is 0.818. The van der Waals surface area contributed by atoms with Gasteiger partial charge in [-0.25, -0.2) is 9.97 Å². The number of aromatic nitrogens is 3. The molecule has 0 saturated carbocycles. The third-order valence-corrected chi connectivity index (χ3v) is 5.51. The van der Waals surface area contributed by atoms with Crippen molar-refractivity contribution in [3.05, 3.63) is 29.8 Å². The first kappa shape index (κ1) is 10.8. The SMILES string of the molecule is Cc1nc(Cn2cnc(I)c2I)cs1. The van der Waals surface area contributed by atoms with E-state index in [0.717, 1.165) is 20.9 Å². The quantitative estimate of drug-likeness (QED) is 0.686. The van der Waals surface area contributed by atoms with Gasteiger partial charge < -0.3 is 4.57 Å². The predicted molar refractivity (Wildman–Crippen MR) is 73.6 cm³/mol. The van der Waals surface area contributed by atoms with Crippen LogP contribution < -0.4 is 0 Å². The maximum absolute atomic E-state index is 4.42. The Morgan fingerprint density at radius 1 is 1.50 bits per heavy atom. The predicted octanol–water partition coefficient (Wildman–Crippen LogP) is 2.91. The van der Waals surface area contributed by atoms with Crippen molar-refractivity contribution >= 4 is 56.5 Å². The standard InChI is InChI=1S/C8H7I2N3S/c1-5-12-6(3-14-5)2-13-4-11-7(9)8(13)10/h3-4H,2H2,1H3. The van der Waals surface area contributed by atoms with Crippen molar-refractivity contribution in [2.75, 3.05) is 0 Å². The van der Waals surface area contributed by atoms with E-state index in [4.69, 9.17) is 0 Å². The third kappa shape index (κ3) is 2.27. The molecule has 0 aliphatic carbocycles. The Balaban J connectivity index is 2.22. The van der Waals surface area contributed by atoms with Crippen molar-refractivity contribution < 1.29 is 0 Å². The smallest absolute Gasteiger partial charge is 0.132 e. The van der Waals surface area contributed by atoms with Crippen LogP contribution in [0.2, 0.25) is 0 Å². The van der Waals surface area contributed by atoms with Gasteiger partial charge in [0.05, 0.1) is 23.6 Å². The van der Waals surface area contributed by atoms with Crippen LogP contribution in [-0.4, -0.2) is 14.5 Å². The Morgan fingerprint density at radius 2 is 2.29 bits per heavy atom. The summed E-state index contributed by atoms with van der Waals surface area (Å²) in [4.78, 5) is 8.66. The molecule has 0 spiro atoms. The molecule has 0 unspecified atom stereocenters. The molecule has 2 aromatic heterocycles. The van der Waals surface area contributed by atoms with E-state index in [2.05, 4.69) is 65.1 Å². The van der Waals surface area contributed by atoms with Gasteiger partial charge in [-0.1, -0.05) is 0 Å². The van der Waals surface area contributed by atoms with E-state index in [1.54, 1.807) is 11.3 Å². The van der Waals surface area contributed by atoms with E-state index >= 15 is 0 Å². The van der Waals surface area contributed by atoms with Gasteiger partial charge in [-0.05, 0) is 52.1 Å². The molecular formula is C8H7I2N3S. The summed E-state index contributed by atoms with van der Waals surface area (Å²) < 4.78 is 4.33. The van der Waals surface area contributed by atoms with Crippen LogP contribution in [0.25, 0.3) is 0 Å². The largest absolute Gasteiger partial charge is 0.319 e. The summed E-state index contributed by atoms with van der Waals surface area (Å²) in [6.07, 6.45) is 1.86. The second-order valence-electron chi connectivity index (χ2n) is 2.81. The summed E-state index contributed by atoms with van der Waals surface area (Å²) in [5, 5.41) is 3.21. The number of rotatable bonds is 2. The molecule has 3 nitrogen and oxygen atoms in total. The van der Waals surface area contributed by atoms with Gasteiger partial charge in [0.15, 0.2) is 0 Å². The third-order valence-electron chi connectivity index (χ3n) is 1.73. The molecule has 0 fully saturated rings. The summed E-state index contributed by atoms with van der Waals surface area (Å²) in [5.41, 5.74) is 1.11. The first-order valence-electron chi connectivity index (χ1n) is 3.94. The monoisotopic (exact) mass is 431 g/mol. The van der Waals surface area contributed by atoms with Gasteiger partial charge in [-0.15, -0.1) is 11.3 Å². The van der Waals surface area contributed by atoms with Crippen LogP contribution >= 0.6 is 56.5 Å². The van der Waals surface area contributed by atoms with Crippen LogP contribution in [0, 0.1) is 14.3 Å². The molecule has 0 aliphatic heterocycles. The van der Waals surface area contributed by atoms with Crippen LogP contribution in [0.1, 0.15) is 10.7 Å². The van der Waals surface area contributed by atoms with Crippen LogP contribution in [0.4, 0.5) is 0 Å². The second-order valence-corrected chi connectivity index (χ2v) is 5.92. The van der Waals surface area contributed by atoms with E-state index in [0.29, 0.717) is 0 Å². The maximum Gasteiger partial charge on any atom is 0.132 e. The molecule has 2 heterocycles. The molecule has 0 radical (unpaired) electrons. The number of nitrogens with zero attached hydrogens (tertiary/aromatic N) is 3. The molecule has 2 aromatic rings. The highest BCUT2D eigenvalue weighted by Crippen LogP contribution is 2.15. The Labute approximate surface area is 113 Å². The lowest BCUT2D eigenvalue weighted by molar-refractivity contribution is 0.758. The molecule has 0 N–H and O–H groups in total. The topological polar surface area (TPSA) is 30.7 Å². The van der Waals surface area contributed by atoms with Crippen molar-refractivity contribution in [2.24, 2.45) is 0 Å². The van der Waals surface area contributed by atoms with Crippen molar-refractivity contribution in [2.45, 2.75) is 13.5 Å². The zero-order chi connectivity index (χ0) is 10.1. The Kier molecular flexibility index (Phi) is 3.42. The molecule has 0 saturated heterocycles. The first-order chi connectivity index (χ1) is 6.66. The van der Waals surface area contributed by atoms with Crippen molar-refractivity contribution in [1.82, 2.24) is 14.5 Å². The molecule has 0 aromatic carbocycles. The van der Waals surface area contributed by atoms with Crippen LogP contribution in [-0.2, 0) is 6.54 Å². The average Bonchev–Trinajstić information content (AvgIpc) is 2.67. The Bertz CT molecular complexity index is 449. The first-order valence-corrected chi connectivity index (χ1v) is 6.97. The fraction of sp³-hybridized carbons (Fsp3) is 0.250. The summed E-state index contributed by atoms with van der Waals surface area (Å²) in [5.74, 6) is 0. The van der Waals surface area contributed by atoms with Gasteiger partial charge in [0.1, 0.15) is 7.40 Å². The summed E-state index contributed by atoms with van der Waals surface area (Å²) >= 11 is 6.23.